The van der Waals surface area contributed by atoms with E-state index in [9.17, 15) is 9.59 Å². The van der Waals surface area contributed by atoms with Crippen LogP contribution in [0, 0.1) is 0 Å². The summed E-state index contributed by atoms with van der Waals surface area (Å²) in [7, 11) is 1.73. The number of carbonyl (C=O) groups excluding carboxylic acids is 1. The summed E-state index contributed by atoms with van der Waals surface area (Å²) in [6.07, 6.45) is 1.53. The van der Waals surface area contributed by atoms with Crippen LogP contribution in [0.1, 0.15) is 6.92 Å². The largest absolute Gasteiger partial charge is 0.363 e. The number of nitrogens with zero attached hydrogens (tertiary/aromatic N) is 4. The van der Waals surface area contributed by atoms with E-state index >= 15 is 0 Å². The molecule has 1 aromatic rings. The fourth-order valence-electron chi connectivity index (χ4n) is 2.25. The van der Waals surface area contributed by atoms with Gasteiger partial charge in [0.1, 0.15) is 5.02 Å². The highest BCUT2D eigenvalue weighted by molar-refractivity contribution is 6.33. The number of aryl methyl sites for hydroxylation is 1. The van der Waals surface area contributed by atoms with E-state index in [-0.39, 0.29) is 23.0 Å². The molecule has 0 atom stereocenters. The molecule has 1 aliphatic heterocycles. The maximum absolute atomic E-state index is 12.2. The Morgan fingerprint density at radius 3 is 2.76 bits per heavy atom. The molecule has 7 nitrogen and oxygen atoms in total. The average Bonchev–Trinajstić information content (AvgIpc) is 2.50. The summed E-state index contributed by atoms with van der Waals surface area (Å²) in [6, 6.07) is 0. The van der Waals surface area contributed by atoms with Crippen molar-refractivity contribution in [3.63, 3.8) is 0 Å². The molecule has 0 radical (unpaired) electrons. The molecule has 0 saturated carbocycles. The van der Waals surface area contributed by atoms with Crippen molar-refractivity contribution < 1.29 is 4.79 Å². The minimum atomic E-state index is -0.335. The molecule has 2 heterocycles. The van der Waals surface area contributed by atoms with Gasteiger partial charge in [0, 0.05) is 39.8 Å². The van der Waals surface area contributed by atoms with Gasteiger partial charge in [-0.3, -0.25) is 9.59 Å². The fraction of sp³-hybridized carbons (Fsp3) is 0.615. The Labute approximate surface area is 128 Å². The van der Waals surface area contributed by atoms with Crippen LogP contribution >= 0.6 is 11.6 Å². The van der Waals surface area contributed by atoms with Crippen molar-refractivity contribution in [1.82, 2.24) is 20.0 Å². The lowest BCUT2D eigenvalue weighted by molar-refractivity contribution is -0.130. The van der Waals surface area contributed by atoms with Crippen molar-refractivity contribution in [2.75, 3.05) is 44.7 Å². The molecular formula is C13H20ClN5O2. The lowest BCUT2D eigenvalue weighted by Crippen LogP contribution is -2.49. The molecule has 0 spiro atoms. The third-order valence-electron chi connectivity index (χ3n) is 3.52. The second kappa shape index (κ2) is 6.91. The molecule has 116 valence electrons. The van der Waals surface area contributed by atoms with E-state index in [1.807, 2.05) is 11.8 Å². The van der Waals surface area contributed by atoms with Crippen molar-refractivity contribution in [3.8, 4) is 0 Å². The molecule has 0 unspecified atom stereocenters. The first-order chi connectivity index (χ1) is 10.0. The summed E-state index contributed by atoms with van der Waals surface area (Å²) in [5.74, 6) is 0.0229. The van der Waals surface area contributed by atoms with E-state index < -0.39 is 0 Å². The first-order valence-electron chi connectivity index (χ1n) is 6.99. The monoisotopic (exact) mass is 313 g/mol. The quantitative estimate of drug-likeness (QED) is 0.832. The number of amides is 1. The summed E-state index contributed by atoms with van der Waals surface area (Å²) < 4.78 is 1.29. The molecule has 1 amide bonds. The molecule has 8 heteroatoms. The Kier molecular flexibility index (Phi) is 5.19. The molecular weight excluding hydrogens is 294 g/mol. The van der Waals surface area contributed by atoms with E-state index in [4.69, 9.17) is 11.6 Å². The van der Waals surface area contributed by atoms with E-state index in [1.165, 1.54) is 10.9 Å². The minimum Gasteiger partial charge on any atom is -0.363 e. The first kappa shape index (κ1) is 15.8. The number of hydrogen-bond donors (Lipinski definition) is 1. The van der Waals surface area contributed by atoms with Gasteiger partial charge in [-0.25, -0.2) is 4.68 Å². The third kappa shape index (κ3) is 3.54. The van der Waals surface area contributed by atoms with Gasteiger partial charge in [0.2, 0.25) is 5.91 Å². The molecule has 1 aliphatic rings. The van der Waals surface area contributed by atoms with E-state index in [0.717, 1.165) is 13.1 Å². The number of hydrogen-bond acceptors (Lipinski definition) is 5. The van der Waals surface area contributed by atoms with Gasteiger partial charge in [-0.1, -0.05) is 11.6 Å². The zero-order chi connectivity index (χ0) is 15.4. The Bertz CT molecular complexity index is 568. The van der Waals surface area contributed by atoms with Crippen molar-refractivity contribution in [1.29, 1.82) is 0 Å². The van der Waals surface area contributed by atoms with Gasteiger partial charge in [0.25, 0.3) is 5.56 Å². The highest BCUT2D eigenvalue weighted by Crippen LogP contribution is 2.19. The van der Waals surface area contributed by atoms with Gasteiger partial charge in [0.15, 0.2) is 0 Å². The van der Waals surface area contributed by atoms with Gasteiger partial charge in [0.05, 0.1) is 18.4 Å². The molecule has 0 aliphatic carbocycles. The normalized spacial score (nSPS) is 15.1. The summed E-state index contributed by atoms with van der Waals surface area (Å²) in [4.78, 5) is 27.6. The van der Waals surface area contributed by atoms with Crippen LogP contribution in [0.25, 0.3) is 0 Å². The van der Waals surface area contributed by atoms with Gasteiger partial charge in [-0.15, -0.1) is 0 Å². The minimum absolute atomic E-state index is 0.0229. The fourth-order valence-corrected chi connectivity index (χ4v) is 2.54. The second-order valence-electron chi connectivity index (χ2n) is 4.95. The molecule has 1 fully saturated rings. The van der Waals surface area contributed by atoms with Crippen LogP contribution in [0.5, 0.6) is 0 Å². The average molecular weight is 314 g/mol. The number of rotatable bonds is 4. The van der Waals surface area contributed by atoms with Crippen molar-refractivity contribution in [2.45, 2.75) is 13.5 Å². The SMILES string of the molecule is CCn1ncc(N(C)CC(=O)N2CCNCC2)c(Cl)c1=O. The van der Waals surface area contributed by atoms with E-state index in [1.54, 1.807) is 11.9 Å². The first-order valence-corrected chi connectivity index (χ1v) is 7.37. The lowest BCUT2D eigenvalue weighted by Gasteiger charge is -2.29. The van der Waals surface area contributed by atoms with Crippen LogP contribution in [0.15, 0.2) is 11.0 Å². The number of likely N-dealkylation sites (N-methyl/N-ethyl adjacent to an activating group) is 1. The van der Waals surface area contributed by atoms with Gasteiger partial charge < -0.3 is 15.1 Å². The predicted octanol–water partition coefficient (Wildman–Crippen LogP) is -0.215. The maximum Gasteiger partial charge on any atom is 0.287 e. The Balaban J connectivity index is 2.09. The number of piperazine rings is 1. The molecule has 0 aromatic carbocycles. The zero-order valence-corrected chi connectivity index (χ0v) is 13.1. The van der Waals surface area contributed by atoms with Crippen LogP contribution in [0.4, 0.5) is 5.69 Å². The number of anilines is 1. The maximum atomic E-state index is 12.2. The number of halogens is 1. The lowest BCUT2D eigenvalue weighted by atomic mass is 10.3. The number of aromatic nitrogens is 2. The standard InChI is InChI=1S/C13H20ClN5O2/c1-3-19-13(21)12(14)10(8-16-19)17(2)9-11(20)18-6-4-15-5-7-18/h8,15H,3-7,9H2,1-2H3. The molecule has 1 saturated heterocycles. The van der Waals surface area contributed by atoms with Crippen molar-refractivity contribution >= 4 is 23.2 Å². The highest BCUT2D eigenvalue weighted by atomic mass is 35.5. The summed E-state index contributed by atoms with van der Waals surface area (Å²) in [5.41, 5.74) is 0.146. The highest BCUT2D eigenvalue weighted by Gasteiger charge is 2.20. The van der Waals surface area contributed by atoms with Crippen molar-refractivity contribution in [2.24, 2.45) is 0 Å². The number of nitrogens with one attached hydrogen (secondary N) is 1. The van der Waals surface area contributed by atoms with Gasteiger partial charge in [-0.05, 0) is 6.92 Å². The van der Waals surface area contributed by atoms with E-state index in [0.29, 0.717) is 25.3 Å². The topological polar surface area (TPSA) is 70.5 Å². The van der Waals surface area contributed by atoms with Crippen LogP contribution in [0.2, 0.25) is 5.02 Å². The Morgan fingerprint density at radius 1 is 1.48 bits per heavy atom. The molecule has 2 rings (SSSR count). The molecule has 0 bridgehead atoms. The molecule has 1 N–H and O–H groups in total. The predicted molar refractivity (Wildman–Crippen MR) is 81.9 cm³/mol. The molecule has 21 heavy (non-hydrogen) atoms. The van der Waals surface area contributed by atoms with Gasteiger partial charge >= 0.3 is 0 Å². The van der Waals surface area contributed by atoms with Crippen molar-refractivity contribution in [3.05, 3.63) is 21.6 Å². The van der Waals surface area contributed by atoms with Crippen LogP contribution in [-0.2, 0) is 11.3 Å². The third-order valence-corrected chi connectivity index (χ3v) is 3.87. The Morgan fingerprint density at radius 2 is 2.14 bits per heavy atom. The Hall–Kier alpha value is -1.60. The van der Waals surface area contributed by atoms with Crippen LogP contribution in [0.3, 0.4) is 0 Å². The number of carbonyl (C=O) groups is 1. The summed E-state index contributed by atoms with van der Waals surface area (Å²) in [6.45, 7) is 5.49. The van der Waals surface area contributed by atoms with Crippen LogP contribution < -0.4 is 15.8 Å². The van der Waals surface area contributed by atoms with Gasteiger partial charge in [-0.2, -0.15) is 5.10 Å². The summed E-state index contributed by atoms with van der Waals surface area (Å²) in [5, 5.41) is 7.34. The zero-order valence-electron chi connectivity index (χ0n) is 12.3. The smallest absolute Gasteiger partial charge is 0.287 e. The van der Waals surface area contributed by atoms with Crippen LogP contribution in [-0.4, -0.2) is 60.4 Å². The second-order valence-corrected chi connectivity index (χ2v) is 5.33. The molecule has 1 aromatic heterocycles. The summed E-state index contributed by atoms with van der Waals surface area (Å²) >= 11 is 6.09. The van der Waals surface area contributed by atoms with E-state index in [2.05, 4.69) is 10.4 Å².